The Hall–Kier alpha value is -3.28. The number of pyridine rings is 2. The van der Waals surface area contributed by atoms with Crippen molar-refractivity contribution < 1.29 is 24.5 Å². The summed E-state index contributed by atoms with van der Waals surface area (Å²) >= 11 is -4.02. The predicted octanol–water partition coefficient (Wildman–Crippen LogP) is 8.65. The smallest absolute Gasteiger partial charge is 0 e. The SMILES string of the molecule is Cc1ccnc(-c2[c-]ccc3c2oc2c4[c](ccc23)[Ge]([CH3])([CH3])[c]2ccccc2-4)c1.[CH3][Ge]([CH3])([CH3])[c]1ccc(-c2[c-]cccc2)nc1.[Ir]. The number of aromatic nitrogens is 2. The second kappa shape index (κ2) is 12.7. The molecular formula is C40H36Ge2IrN2O-2. The number of hydrogen-bond acceptors (Lipinski definition) is 3. The zero-order chi connectivity index (χ0) is 31.3. The third kappa shape index (κ3) is 5.86. The van der Waals surface area contributed by atoms with Crippen molar-refractivity contribution in [1.82, 2.24) is 9.97 Å². The van der Waals surface area contributed by atoms with E-state index in [9.17, 15) is 0 Å². The van der Waals surface area contributed by atoms with E-state index in [1.54, 1.807) is 4.40 Å². The molecule has 3 nitrogen and oxygen atoms in total. The normalized spacial score (nSPS) is 13.0. The topological polar surface area (TPSA) is 38.9 Å². The summed E-state index contributed by atoms with van der Waals surface area (Å²) in [7, 11) is 0. The Balaban J connectivity index is 0.000000187. The quantitative estimate of drug-likeness (QED) is 0.132. The van der Waals surface area contributed by atoms with Crippen LogP contribution in [0.3, 0.4) is 0 Å². The third-order valence-corrected chi connectivity index (χ3v) is 20.6. The number of fused-ring (bicyclic) bond motifs is 7. The van der Waals surface area contributed by atoms with Gasteiger partial charge in [-0.3, -0.25) is 0 Å². The van der Waals surface area contributed by atoms with Gasteiger partial charge in [-0.25, -0.2) is 0 Å². The molecule has 4 heterocycles. The molecule has 0 unspecified atom stereocenters. The van der Waals surface area contributed by atoms with E-state index in [1.807, 2.05) is 48.8 Å². The van der Waals surface area contributed by atoms with E-state index in [4.69, 9.17) is 4.42 Å². The fourth-order valence-corrected chi connectivity index (χ4v) is 15.0. The summed E-state index contributed by atoms with van der Waals surface area (Å²) in [5, 5.41) is 2.31. The van der Waals surface area contributed by atoms with Gasteiger partial charge in [0.15, 0.2) is 0 Å². The van der Waals surface area contributed by atoms with Gasteiger partial charge >= 0.3 is 273 Å². The van der Waals surface area contributed by atoms with Gasteiger partial charge in [0.2, 0.25) is 0 Å². The van der Waals surface area contributed by atoms with Gasteiger partial charge in [-0.2, -0.15) is 0 Å². The van der Waals surface area contributed by atoms with Gasteiger partial charge in [0.1, 0.15) is 0 Å². The maximum atomic E-state index is 6.63. The van der Waals surface area contributed by atoms with Crippen molar-refractivity contribution in [3.05, 3.63) is 127 Å². The molecule has 0 fully saturated rings. The second-order valence-corrected chi connectivity index (χ2v) is 33.1. The van der Waals surface area contributed by atoms with Gasteiger partial charge in [0.25, 0.3) is 0 Å². The van der Waals surface area contributed by atoms with E-state index in [0.717, 1.165) is 39.1 Å². The summed E-state index contributed by atoms with van der Waals surface area (Å²) in [5.74, 6) is 12.1. The first-order chi connectivity index (χ1) is 21.6. The summed E-state index contributed by atoms with van der Waals surface area (Å²) in [6.45, 7) is 2.09. The third-order valence-electron chi connectivity index (χ3n) is 8.93. The van der Waals surface area contributed by atoms with Crippen LogP contribution in [0, 0.1) is 19.1 Å². The van der Waals surface area contributed by atoms with Crippen LogP contribution in [0.1, 0.15) is 5.56 Å². The Labute approximate surface area is 290 Å². The van der Waals surface area contributed by atoms with Crippen molar-refractivity contribution in [2.75, 3.05) is 0 Å². The van der Waals surface area contributed by atoms with Crippen molar-refractivity contribution in [3.63, 3.8) is 0 Å². The van der Waals surface area contributed by atoms with E-state index >= 15 is 0 Å². The molecule has 0 amide bonds. The van der Waals surface area contributed by atoms with Crippen LogP contribution in [0.25, 0.3) is 55.6 Å². The standard InChI is InChI=1S/C26H20GeNO.C14H16GeN.Ir/c1-16-13-14-28-23(15-16)20-9-6-8-17-18-11-12-22-24(26(18)29-25(17)20)19-7-4-5-10-21(19)27(22,2)3;1-15(2,3)13-9-10-14(16-11-13)12-7-5-4-6-8-12;/h4-8,10-15H,1-3H3;4-7,9-11H,1-3H3;/q2*-1;. The molecule has 8 rings (SSSR count). The monoisotopic (exact) mass is 901 g/mol. The summed E-state index contributed by atoms with van der Waals surface area (Å²) < 4.78 is 11.1. The minimum Gasteiger partial charge on any atom is 0 e. The van der Waals surface area contributed by atoms with Crippen molar-refractivity contribution in [1.29, 1.82) is 0 Å². The van der Waals surface area contributed by atoms with Crippen LogP contribution >= 0.6 is 0 Å². The van der Waals surface area contributed by atoms with Gasteiger partial charge < -0.3 is 0 Å². The molecule has 7 aromatic rings. The molecule has 0 N–H and O–H groups in total. The van der Waals surface area contributed by atoms with Gasteiger partial charge in [0, 0.05) is 20.1 Å². The van der Waals surface area contributed by atoms with Crippen molar-refractivity contribution in [2.45, 2.75) is 35.7 Å². The number of benzene rings is 4. The van der Waals surface area contributed by atoms with Gasteiger partial charge in [-0.05, 0) is 0 Å². The van der Waals surface area contributed by atoms with Crippen molar-refractivity contribution >= 4 is 61.7 Å². The van der Waals surface area contributed by atoms with Crippen molar-refractivity contribution in [3.8, 4) is 33.6 Å². The molecule has 0 aliphatic carbocycles. The first kappa shape index (κ1) is 32.6. The fourth-order valence-electron chi connectivity index (χ4n) is 6.40. The number of hydrogen-bond donors (Lipinski definition) is 0. The molecule has 0 bridgehead atoms. The van der Waals surface area contributed by atoms with Crippen LogP contribution in [0.4, 0.5) is 0 Å². The number of nitrogens with zero attached hydrogens (tertiary/aromatic N) is 2. The molecule has 6 heteroatoms. The molecule has 0 spiro atoms. The van der Waals surface area contributed by atoms with E-state index in [-0.39, 0.29) is 20.1 Å². The summed E-state index contributed by atoms with van der Waals surface area (Å²) in [6, 6.07) is 40.6. The Morgan fingerprint density at radius 1 is 0.717 bits per heavy atom. The number of furan rings is 1. The minimum atomic E-state index is -2.30. The molecule has 0 saturated carbocycles. The van der Waals surface area contributed by atoms with Gasteiger partial charge in [-0.15, -0.1) is 0 Å². The molecule has 0 saturated heterocycles. The van der Waals surface area contributed by atoms with Crippen LogP contribution in [0.5, 0.6) is 0 Å². The van der Waals surface area contributed by atoms with E-state index in [0.29, 0.717) is 0 Å². The maximum absolute atomic E-state index is 6.63. The summed E-state index contributed by atoms with van der Waals surface area (Å²) in [4.78, 5) is 9.11. The zero-order valence-electron chi connectivity index (χ0n) is 27.0. The van der Waals surface area contributed by atoms with Crippen LogP contribution in [-0.4, -0.2) is 36.5 Å². The van der Waals surface area contributed by atoms with Crippen LogP contribution in [0.2, 0.25) is 28.8 Å². The zero-order valence-corrected chi connectivity index (χ0v) is 33.6. The molecule has 3 aromatic heterocycles. The molecule has 1 aliphatic heterocycles. The minimum absolute atomic E-state index is 0. The van der Waals surface area contributed by atoms with Crippen LogP contribution in [-0.2, 0) is 20.1 Å². The number of rotatable bonds is 3. The van der Waals surface area contributed by atoms with E-state index < -0.39 is 26.5 Å². The van der Waals surface area contributed by atoms with E-state index in [1.165, 1.54) is 30.9 Å². The average Bonchev–Trinajstić information content (AvgIpc) is 3.54. The Morgan fingerprint density at radius 3 is 2.22 bits per heavy atom. The van der Waals surface area contributed by atoms with E-state index in [2.05, 4.69) is 118 Å². The molecule has 46 heavy (non-hydrogen) atoms. The number of aryl methyl sites for hydroxylation is 1. The van der Waals surface area contributed by atoms with Crippen LogP contribution < -0.4 is 13.2 Å². The maximum Gasteiger partial charge on any atom is 0 e. The van der Waals surface area contributed by atoms with Gasteiger partial charge in [0.05, 0.1) is 0 Å². The summed E-state index contributed by atoms with van der Waals surface area (Å²) in [5.41, 5.74) is 9.65. The van der Waals surface area contributed by atoms with Crippen LogP contribution in [0.15, 0.2) is 114 Å². The molecule has 4 aromatic carbocycles. The average molecular weight is 898 g/mol. The summed E-state index contributed by atoms with van der Waals surface area (Å²) in [6.07, 6.45) is 3.89. The first-order valence-corrected chi connectivity index (χ1v) is 29.1. The Kier molecular flexibility index (Phi) is 9.03. The Bertz CT molecular complexity index is 2180. The molecular weight excluding hydrogens is 862 g/mol. The predicted molar refractivity (Wildman–Crippen MR) is 194 cm³/mol. The fraction of sp³-hybridized carbons (Fsp3) is 0.150. The Morgan fingerprint density at radius 2 is 1.50 bits per heavy atom. The second-order valence-electron chi connectivity index (χ2n) is 13.4. The molecule has 1 radical (unpaired) electrons. The molecule has 231 valence electrons. The largest absolute Gasteiger partial charge is 0 e. The van der Waals surface area contributed by atoms with Crippen molar-refractivity contribution in [2.24, 2.45) is 0 Å². The molecule has 1 aliphatic rings. The van der Waals surface area contributed by atoms with Gasteiger partial charge in [-0.1, -0.05) is 0 Å². The molecule has 0 atom stereocenters. The first-order valence-electron chi connectivity index (χ1n) is 15.5.